The first-order valence-electron chi connectivity index (χ1n) is 4.64. The van der Waals surface area contributed by atoms with E-state index in [9.17, 15) is 9.59 Å². The summed E-state index contributed by atoms with van der Waals surface area (Å²) < 4.78 is 4.63. The Kier molecular flexibility index (Phi) is 2.09. The summed E-state index contributed by atoms with van der Waals surface area (Å²) in [5.41, 5.74) is 0. The molecule has 2 aliphatic carbocycles. The van der Waals surface area contributed by atoms with Crippen LogP contribution in [0.15, 0.2) is 12.2 Å². The molecule has 0 heterocycles. The van der Waals surface area contributed by atoms with Crippen molar-refractivity contribution in [3.8, 4) is 0 Å². The molecule has 0 aliphatic heterocycles. The Morgan fingerprint density at radius 1 is 1.29 bits per heavy atom. The minimum Gasteiger partial charge on any atom is -0.543 e. The van der Waals surface area contributed by atoms with Crippen LogP contribution >= 0.6 is 0 Å². The van der Waals surface area contributed by atoms with E-state index in [2.05, 4.69) is 4.65 Å². The van der Waals surface area contributed by atoms with Crippen molar-refractivity contribution in [1.82, 2.24) is 0 Å². The number of aliphatic carboxylic acids is 1. The summed E-state index contributed by atoms with van der Waals surface area (Å²) in [7, 11) is 1.30. The lowest BCUT2D eigenvalue weighted by molar-refractivity contribution is -0.152. The van der Waals surface area contributed by atoms with Gasteiger partial charge in [-0.3, -0.25) is 9.59 Å². The van der Waals surface area contributed by atoms with Crippen LogP contribution in [-0.4, -0.2) is 25.1 Å². The SMILES string of the molecule is BOC(=O)[C@H]1C2C=CC(C2)[C@H]1C(=O)O. The second kappa shape index (κ2) is 3.15. The molecule has 2 aliphatic rings. The minimum absolute atomic E-state index is 0.0154. The van der Waals surface area contributed by atoms with Gasteiger partial charge in [0.05, 0.1) is 11.8 Å². The molecular formula is C9H11BO4. The predicted octanol–water partition coefficient (Wildman–Crippen LogP) is -0.399. The van der Waals surface area contributed by atoms with Crippen LogP contribution in [0.5, 0.6) is 0 Å². The molecule has 1 fully saturated rings. The molecule has 1 saturated carbocycles. The van der Waals surface area contributed by atoms with Crippen molar-refractivity contribution in [1.29, 1.82) is 0 Å². The number of allylic oxidation sites excluding steroid dienone is 2. The molecule has 74 valence electrons. The van der Waals surface area contributed by atoms with Crippen molar-refractivity contribution in [2.75, 3.05) is 0 Å². The number of carbonyl (C=O) groups is 2. The first kappa shape index (κ1) is 9.31. The summed E-state index contributed by atoms with van der Waals surface area (Å²) in [6, 6.07) is 0. The van der Waals surface area contributed by atoms with Gasteiger partial charge in [-0.1, -0.05) is 12.2 Å². The van der Waals surface area contributed by atoms with Crippen LogP contribution in [0.2, 0.25) is 0 Å². The van der Waals surface area contributed by atoms with Gasteiger partial charge in [0.25, 0.3) is 5.97 Å². The van der Waals surface area contributed by atoms with E-state index in [1.807, 2.05) is 12.2 Å². The van der Waals surface area contributed by atoms with Crippen LogP contribution in [0.1, 0.15) is 6.42 Å². The Morgan fingerprint density at radius 2 is 1.86 bits per heavy atom. The van der Waals surface area contributed by atoms with Crippen molar-refractivity contribution in [3.05, 3.63) is 12.2 Å². The van der Waals surface area contributed by atoms with Gasteiger partial charge in [0.15, 0.2) is 0 Å². The lowest BCUT2D eigenvalue weighted by Crippen LogP contribution is -2.33. The van der Waals surface area contributed by atoms with Crippen LogP contribution in [0, 0.1) is 23.7 Å². The molecular weight excluding hydrogens is 183 g/mol. The van der Waals surface area contributed by atoms with E-state index in [0.717, 1.165) is 6.42 Å². The van der Waals surface area contributed by atoms with Crippen molar-refractivity contribution in [2.45, 2.75) is 6.42 Å². The summed E-state index contributed by atoms with van der Waals surface area (Å²) in [5.74, 6) is -2.27. The van der Waals surface area contributed by atoms with Gasteiger partial charge in [0, 0.05) is 0 Å². The standard InChI is InChI=1S/C9H11BO4/c10-14-9(13)7-5-2-1-4(3-5)6(7)8(11)12/h1-2,4-7H,3,10H2,(H,11,12)/t4?,5?,6-,7+/m1/s1. The molecule has 0 aromatic heterocycles. The summed E-state index contributed by atoms with van der Waals surface area (Å²) >= 11 is 0. The summed E-state index contributed by atoms with van der Waals surface area (Å²) in [6.45, 7) is 0. The fourth-order valence-electron chi connectivity index (χ4n) is 2.62. The molecule has 2 bridgehead atoms. The number of carboxylic acids is 1. The van der Waals surface area contributed by atoms with Crippen molar-refractivity contribution < 1.29 is 19.3 Å². The molecule has 1 N–H and O–H groups in total. The summed E-state index contributed by atoms with van der Waals surface area (Å²) in [6.07, 6.45) is 4.62. The van der Waals surface area contributed by atoms with Gasteiger partial charge in [0.1, 0.15) is 0 Å². The third-order valence-electron chi connectivity index (χ3n) is 3.22. The Balaban J connectivity index is 2.26. The van der Waals surface area contributed by atoms with Crippen molar-refractivity contribution in [2.24, 2.45) is 23.7 Å². The second-order valence-electron chi connectivity index (χ2n) is 3.86. The molecule has 4 atom stereocenters. The zero-order valence-electron chi connectivity index (χ0n) is 7.84. The minimum atomic E-state index is -0.891. The van der Waals surface area contributed by atoms with Crippen LogP contribution < -0.4 is 0 Å². The monoisotopic (exact) mass is 194 g/mol. The molecule has 0 aromatic rings. The molecule has 0 spiro atoms. The maximum atomic E-state index is 11.4. The van der Waals surface area contributed by atoms with E-state index in [4.69, 9.17) is 5.11 Å². The van der Waals surface area contributed by atoms with Crippen molar-refractivity contribution >= 4 is 20.0 Å². The molecule has 14 heavy (non-hydrogen) atoms. The third kappa shape index (κ3) is 1.15. The number of hydrogen-bond acceptors (Lipinski definition) is 3. The molecule has 0 radical (unpaired) electrons. The lowest BCUT2D eigenvalue weighted by Gasteiger charge is -2.22. The first-order chi connectivity index (χ1) is 6.65. The molecule has 0 amide bonds. The van der Waals surface area contributed by atoms with Gasteiger partial charge in [0.2, 0.25) is 0 Å². The molecule has 0 saturated heterocycles. The van der Waals surface area contributed by atoms with Crippen LogP contribution in [-0.2, 0) is 14.2 Å². The molecule has 2 unspecified atom stereocenters. The van der Waals surface area contributed by atoms with Gasteiger partial charge in [-0.25, -0.2) is 0 Å². The zero-order chi connectivity index (χ0) is 10.3. The first-order valence-corrected chi connectivity index (χ1v) is 4.64. The Morgan fingerprint density at radius 3 is 2.36 bits per heavy atom. The quantitative estimate of drug-likeness (QED) is 0.479. The van der Waals surface area contributed by atoms with Crippen LogP contribution in [0.4, 0.5) is 0 Å². The van der Waals surface area contributed by atoms with Gasteiger partial charge in [-0.15, -0.1) is 0 Å². The fourth-order valence-corrected chi connectivity index (χ4v) is 2.62. The number of carboxylic acid groups (broad SMARTS) is 1. The number of carbonyl (C=O) groups excluding carboxylic acids is 1. The maximum Gasteiger partial charge on any atom is 0.325 e. The normalized spacial score (nSPS) is 38.6. The van der Waals surface area contributed by atoms with E-state index in [-0.39, 0.29) is 11.8 Å². The molecule has 0 aromatic carbocycles. The molecule has 2 rings (SSSR count). The number of rotatable bonds is 2. The average Bonchev–Trinajstić information content (AvgIpc) is 2.74. The van der Waals surface area contributed by atoms with E-state index in [1.54, 1.807) is 0 Å². The number of hydrogen-bond donors (Lipinski definition) is 1. The van der Waals surface area contributed by atoms with E-state index in [0.29, 0.717) is 0 Å². The van der Waals surface area contributed by atoms with E-state index >= 15 is 0 Å². The largest absolute Gasteiger partial charge is 0.543 e. The van der Waals surface area contributed by atoms with Gasteiger partial charge in [-0.2, -0.15) is 0 Å². The highest BCUT2D eigenvalue weighted by molar-refractivity contribution is 6.06. The second-order valence-corrected chi connectivity index (χ2v) is 3.86. The average molecular weight is 194 g/mol. The van der Waals surface area contributed by atoms with E-state index < -0.39 is 23.8 Å². The highest BCUT2D eigenvalue weighted by Crippen LogP contribution is 2.48. The van der Waals surface area contributed by atoms with Crippen LogP contribution in [0.3, 0.4) is 0 Å². The van der Waals surface area contributed by atoms with E-state index in [1.165, 1.54) is 8.05 Å². The molecule has 5 heteroatoms. The van der Waals surface area contributed by atoms with Gasteiger partial charge < -0.3 is 9.76 Å². The lowest BCUT2D eigenvalue weighted by atomic mass is 9.83. The topological polar surface area (TPSA) is 63.6 Å². The molecule has 4 nitrogen and oxygen atoms in total. The zero-order valence-corrected chi connectivity index (χ0v) is 7.84. The van der Waals surface area contributed by atoms with Crippen molar-refractivity contribution in [3.63, 3.8) is 0 Å². The van der Waals surface area contributed by atoms with Crippen LogP contribution in [0.25, 0.3) is 0 Å². The summed E-state index contributed by atoms with van der Waals surface area (Å²) in [4.78, 5) is 22.4. The highest BCUT2D eigenvalue weighted by Gasteiger charge is 2.52. The Hall–Kier alpha value is -1.26. The maximum absolute atomic E-state index is 11.4. The summed E-state index contributed by atoms with van der Waals surface area (Å²) in [5, 5.41) is 9.01. The Labute approximate surface area is 82.4 Å². The number of fused-ring (bicyclic) bond motifs is 2. The highest BCUT2D eigenvalue weighted by atomic mass is 16.5. The Bertz CT molecular complexity index is 312. The van der Waals surface area contributed by atoms with Gasteiger partial charge >= 0.3 is 14.0 Å². The fraction of sp³-hybridized carbons (Fsp3) is 0.556. The third-order valence-corrected chi connectivity index (χ3v) is 3.22. The van der Waals surface area contributed by atoms with Gasteiger partial charge in [-0.05, 0) is 18.3 Å². The predicted molar refractivity (Wildman–Crippen MR) is 50.0 cm³/mol. The smallest absolute Gasteiger partial charge is 0.325 e.